The fourth-order valence-electron chi connectivity index (χ4n) is 3.00. The Hall–Kier alpha value is -2.89. The molecule has 3 rings (SSSR count). The molecule has 0 bridgehead atoms. The summed E-state index contributed by atoms with van der Waals surface area (Å²) in [6.45, 7) is 3.92. The summed E-state index contributed by atoms with van der Waals surface area (Å²) in [5.41, 5.74) is 3.79. The van der Waals surface area contributed by atoms with Gasteiger partial charge >= 0.3 is 5.97 Å². The number of benzene rings is 2. The van der Waals surface area contributed by atoms with E-state index in [1.54, 1.807) is 29.8 Å². The Morgan fingerprint density at radius 3 is 2.48 bits per heavy atom. The highest BCUT2D eigenvalue weighted by Crippen LogP contribution is 2.24. The van der Waals surface area contributed by atoms with E-state index in [1.807, 2.05) is 37.3 Å². The van der Waals surface area contributed by atoms with E-state index in [0.717, 1.165) is 17.5 Å². The maximum atomic E-state index is 12.2. The van der Waals surface area contributed by atoms with E-state index in [-0.39, 0.29) is 12.4 Å². The molecule has 0 saturated carbocycles. The van der Waals surface area contributed by atoms with Crippen molar-refractivity contribution >= 4 is 41.0 Å². The number of carbonyl (C=O) groups is 2. The first-order chi connectivity index (χ1) is 14.9. The van der Waals surface area contributed by atoms with Gasteiger partial charge in [0.25, 0.3) is 0 Å². The average Bonchev–Trinajstić information content (AvgIpc) is 3.04. The van der Waals surface area contributed by atoms with Crippen LogP contribution in [0.2, 0.25) is 10.2 Å². The van der Waals surface area contributed by atoms with Gasteiger partial charge in [-0.15, -0.1) is 0 Å². The quantitative estimate of drug-likeness (QED) is 0.253. The third kappa shape index (κ3) is 5.84. The number of nitrogens with zero attached hydrogens (tertiary/aromatic N) is 2. The second-order valence-electron chi connectivity index (χ2n) is 6.95. The molecule has 0 unspecified atom stereocenters. The van der Waals surface area contributed by atoms with Gasteiger partial charge in [0.1, 0.15) is 5.15 Å². The molecule has 0 fully saturated rings. The van der Waals surface area contributed by atoms with Gasteiger partial charge in [-0.3, -0.25) is 4.79 Å². The molecular weight excluding hydrogens is 435 g/mol. The minimum Gasteiger partial charge on any atom is -0.454 e. The van der Waals surface area contributed by atoms with Crippen molar-refractivity contribution in [2.24, 2.45) is 0 Å². The monoisotopic (exact) mass is 456 g/mol. The molecule has 31 heavy (non-hydrogen) atoms. The predicted octanol–water partition coefficient (Wildman–Crippen LogP) is 5.55. The van der Waals surface area contributed by atoms with Crippen molar-refractivity contribution < 1.29 is 14.3 Å². The molecule has 0 saturated heterocycles. The molecule has 0 aliphatic carbocycles. The number of hydrogen-bond acceptors (Lipinski definition) is 4. The van der Waals surface area contributed by atoms with Crippen molar-refractivity contribution in [1.82, 2.24) is 9.78 Å². The van der Waals surface area contributed by atoms with Gasteiger partial charge in [-0.05, 0) is 36.6 Å². The first kappa shape index (κ1) is 22.8. The van der Waals surface area contributed by atoms with Crippen LogP contribution in [0.15, 0.2) is 54.6 Å². The first-order valence-corrected chi connectivity index (χ1v) is 10.6. The number of esters is 1. The number of rotatable bonds is 8. The minimum atomic E-state index is -0.632. The molecular formula is C24H22Cl2N2O3. The summed E-state index contributed by atoms with van der Waals surface area (Å²) in [4.78, 5) is 24.3. The predicted molar refractivity (Wildman–Crippen MR) is 123 cm³/mol. The van der Waals surface area contributed by atoms with Gasteiger partial charge in [0.2, 0.25) is 0 Å². The van der Waals surface area contributed by atoms with Gasteiger partial charge < -0.3 is 4.74 Å². The van der Waals surface area contributed by atoms with Crippen LogP contribution in [-0.4, -0.2) is 28.1 Å². The lowest BCUT2D eigenvalue weighted by molar-refractivity contribution is -0.136. The van der Waals surface area contributed by atoms with Gasteiger partial charge in [0.05, 0.1) is 12.2 Å². The number of ether oxygens (including phenoxy) is 1. The SMILES string of the molecule is CCc1ccc(C(=O)COC(=O)C=Cc2c(C)nn(Cc3ccccc3Cl)c2Cl)cc1. The van der Waals surface area contributed by atoms with E-state index >= 15 is 0 Å². The van der Waals surface area contributed by atoms with Crippen LogP contribution in [0.4, 0.5) is 0 Å². The van der Waals surface area contributed by atoms with Crippen LogP contribution in [0.1, 0.15) is 39.7 Å². The van der Waals surface area contributed by atoms with Gasteiger partial charge in [-0.1, -0.05) is 72.6 Å². The van der Waals surface area contributed by atoms with Gasteiger partial charge in [-0.25, -0.2) is 9.48 Å². The maximum absolute atomic E-state index is 12.2. The summed E-state index contributed by atoms with van der Waals surface area (Å²) in [5, 5.41) is 5.43. The Morgan fingerprint density at radius 2 is 1.81 bits per heavy atom. The fraction of sp³-hybridized carbons (Fsp3) is 0.208. The van der Waals surface area contributed by atoms with Crippen LogP contribution < -0.4 is 0 Å². The normalized spacial score (nSPS) is 11.1. The van der Waals surface area contributed by atoms with Crippen molar-refractivity contribution in [3.63, 3.8) is 0 Å². The lowest BCUT2D eigenvalue weighted by Crippen LogP contribution is -2.12. The molecule has 160 valence electrons. The lowest BCUT2D eigenvalue weighted by Gasteiger charge is -2.05. The molecule has 0 N–H and O–H groups in total. The average molecular weight is 457 g/mol. The summed E-state index contributed by atoms with van der Waals surface area (Å²) < 4.78 is 6.69. The zero-order valence-electron chi connectivity index (χ0n) is 17.3. The highest BCUT2D eigenvalue weighted by Gasteiger charge is 2.14. The molecule has 1 heterocycles. The van der Waals surface area contributed by atoms with E-state index in [2.05, 4.69) is 5.10 Å². The summed E-state index contributed by atoms with van der Waals surface area (Å²) in [5.74, 6) is -0.890. The maximum Gasteiger partial charge on any atom is 0.331 e. The molecule has 3 aromatic rings. The lowest BCUT2D eigenvalue weighted by atomic mass is 10.1. The number of carbonyl (C=O) groups excluding carboxylic acids is 2. The molecule has 7 heteroatoms. The van der Waals surface area contributed by atoms with Crippen LogP contribution in [-0.2, 0) is 22.5 Å². The fourth-order valence-corrected chi connectivity index (χ4v) is 3.49. The van der Waals surface area contributed by atoms with Crippen LogP contribution in [0.5, 0.6) is 0 Å². The van der Waals surface area contributed by atoms with Crippen molar-refractivity contribution in [1.29, 1.82) is 0 Å². The summed E-state index contributed by atoms with van der Waals surface area (Å²) in [6.07, 6.45) is 3.67. The highest BCUT2D eigenvalue weighted by molar-refractivity contribution is 6.32. The van der Waals surface area contributed by atoms with Gasteiger partial charge in [0, 0.05) is 22.2 Å². The standard InChI is InChI=1S/C24H22Cl2N2O3/c1-3-17-8-10-18(11-9-17)22(29)15-31-23(30)13-12-20-16(2)27-28(24(20)26)14-19-6-4-5-7-21(19)25/h4-13H,3,14-15H2,1-2H3. The van der Waals surface area contributed by atoms with E-state index in [4.69, 9.17) is 27.9 Å². The Balaban J connectivity index is 1.61. The number of aryl methyl sites for hydroxylation is 2. The highest BCUT2D eigenvalue weighted by atomic mass is 35.5. The van der Waals surface area contributed by atoms with Gasteiger partial charge in [0.15, 0.2) is 12.4 Å². The van der Waals surface area contributed by atoms with Crippen LogP contribution >= 0.6 is 23.2 Å². The number of hydrogen-bond donors (Lipinski definition) is 0. The second-order valence-corrected chi connectivity index (χ2v) is 7.72. The van der Waals surface area contributed by atoms with Crippen molar-refractivity contribution in [3.05, 3.63) is 92.7 Å². The molecule has 2 aromatic carbocycles. The minimum absolute atomic E-state index is 0.258. The second kappa shape index (κ2) is 10.4. The van der Waals surface area contributed by atoms with Crippen LogP contribution in [0.3, 0.4) is 0 Å². The molecule has 5 nitrogen and oxygen atoms in total. The molecule has 0 atom stereocenters. The van der Waals surface area contributed by atoms with Crippen LogP contribution in [0.25, 0.3) is 6.08 Å². The summed E-state index contributed by atoms with van der Waals surface area (Å²) in [6, 6.07) is 14.7. The van der Waals surface area contributed by atoms with Crippen molar-refractivity contribution in [2.75, 3.05) is 6.61 Å². The molecule has 0 aliphatic rings. The molecule has 0 amide bonds. The smallest absolute Gasteiger partial charge is 0.331 e. The third-order valence-corrected chi connectivity index (χ3v) is 5.57. The summed E-state index contributed by atoms with van der Waals surface area (Å²) >= 11 is 12.7. The van der Waals surface area contributed by atoms with E-state index in [9.17, 15) is 9.59 Å². The number of halogens is 2. The molecule has 0 aliphatic heterocycles. The Morgan fingerprint density at radius 1 is 1.10 bits per heavy atom. The number of ketones is 1. The van der Waals surface area contributed by atoms with Gasteiger partial charge in [-0.2, -0.15) is 5.10 Å². The topological polar surface area (TPSA) is 61.2 Å². The van der Waals surface area contributed by atoms with Crippen molar-refractivity contribution in [3.8, 4) is 0 Å². The van der Waals surface area contributed by atoms with Crippen LogP contribution in [0, 0.1) is 6.92 Å². The zero-order valence-corrected chi connectivity index (χ0v) is 18.8. The largest absolute Gasteiger partial charge is 0.454 e. The Kier molecular flexibility index (Phi) is 7.66. The molecule has 0 spiro atoms. The van der Waals surface area contributed by atoms with E-state index < -0.39 is 5.97 Å². The summed E-state index contributed by atoms with van der Waals surface area (Å²) in [7, 11) is 0. The Bertz CT molecular complexity index is 1120. The zero-order chi connectivity index (χ0) is 22.4. The Labute approximate surface area is 191 Å². The third-order valence-electron chi connectivity index (χ3n) is 4.80. The molecule has 0 radical (unpaired) electrons. The van der Waals surface area contributed by atoms with E-state index in [0.29, 0.717) is 33.5 Å². The first-order valence-electron chi connectivity index (χ1n) is 9.82. The van der Waals surface area contributed by atoms with E-state index in [1.165, 1.54) is 12.2 Å². The van der Waals surface area contributed by atoms with Crippen molar-refractivity contribution in [2.45, 2.75) is 26.8 Å². The number of aromatic nitrogens is 2. The number of Topliss-reactive ketones (excluding diaryl/α,β-unsaturated/α-hetero) is 1. The molecule has 1 aromatic heterocycles.